The number of carbonyl (C=O) groups is 1. The number of benzene rings is 1. The van der Waals surface area contributed by atoms with Gasteiger partial charge in [-0.05, 0) is 25.5 Å². The van der Waals surface area contributed by atoms with Crippen LogP contribution < -0.4 is 0 Å². The van der Waals surface area contributed by atoms with Gasteiger partial charge in [-0.3, -0.25) is 0 Å². The van der Waals surface area contributed by atoms with E-state index in [2.05, 4.69) is 0 Å². The lowest BCUT2D eigenvalue weighted by molar-refractivity contribution is -0.167. The third-order valence-electron chi connectivity index (χ3n) is 3.88. The molecular formula is C15H20O4. The van der Waals surface area contributed by atoms with Gasteiger partial charge in [0.05, 0.1) is 11.7 Å². The summed E-state index contributed by atoms with van der Waals surface area (Å²) >= 11 is 0. The molecule has 0 aromatic heterocycles. The van der Waals surface area contributed by atoms with Gasteiger partial charge in [-0.2, -0.15) is 0 Å². The number of rotatable bonds is 3. The van der Waals surface area contributed by atoms with Gasteiger partial charge in [0.1, 0.15) is 5.60 Å². The minimum Gasteiger partial charge on any atom is -0.429 e. The van der Waals surface area contributed by atoms with Crippen LogP contribution in [0.3, 0.4) is 0 Å². The molecule has 0 radical (unpaired) electrons. The predicted molar refractivity (Wildman–Crippen MR) is 70.6 cm³/mol. The van der Waals surface area contributed by atoms with Crippen LogP contribution in [0, 0.1) is 5.92 Å². The monoisotopic (exact) mass is 264 g/mol. The summed E-state index contributed by atoms with van der Waals surface area (Å²) in [6.07, 6.45) is -0.236. The van der Waals surface area contributed by atoms with Gasteiger partial charge in [0.25, 0.3) is 0 Å². The molecule has 0 saturated carbocycles. The van der Waals surface area contributed by atoms with Crippen LogP contribution >= 0.6 is 0 Å². The SMILES string of the molecule is CC[C@H]1OC(OC(=O)c2ccccc2)[C@](C)(O)[C@@H]1C. The Bertz CT molecular complexity index is 441. The zero-order valence-corrected chi connectivity index (χ0v) is 11.5. The number of carbonyl (C=O) groups excluding carboxylic acids is 1. The number of ether oxygens (including phenoxy) is 2. The summed E-state index contributed by atoms with van der Waals surface area (Å²) in [5.41, 5.74) is -0.708. The second kappa shape index (κ2) is 5.31. The maximum Gasteiger partial charge on any atom is 0.340 e. The third kappa shape index (κ3) is 2.65. The molecule has 0 bridgehead atoms. The zero-order chi connectivity index (χ0) is 14.0. The molecule has 1 aromatic carbocycles. The first-order valence-corrected chi connectivity index (χ1v) is 6.60. The molecule has 4 nitrogen and oxygen atoms in total. The molecule has 1 aliphatic rings. The highest BCUT2D eigenvalue weighted by Crippen LogP contribution is 2.38. The average molecular weight is 264 g/mol. The third-order valence-corrected chi connectivity index (χ3v) is 3.88. The van der Waals surface area contributed by atoms with E-state index in [4.69, 9.17) is 9.47 Å². The van der Waals surface area contributed by atoms with Crippen molar-refractivity contribution in [3.63, 3.8) is 0 Å². The van der Waals surface area contributed by atoms with E-state index >= 15 is 0 Å². The average Bonchev–Trinajstić information content (AvgIpc) is 2.63. The molecule has 104 valence electrons. The highest BCUT2D eigenvalue weighted by Gasteiger charge is 2.51. The Morgan fingerprint density at radius 1 is 1.42 bits per heavy atom. The first-order chi connectivity index (χ1) is 8.96. The van der Waals surface area contributed by atoms with Gasteiger partial charge in [-0.15, -0.1) is 0 Å². The Morgan fingerprint density at radius 3 is 2.58 bits per heavy atom. The second-order valence-corrected chi connectivity index (χ2v) is 5.20. The molecule has 1 heterocycles. The second-order valence-electron chi connectivity index (χ2n) is 5.20. The van der Waals surface area contributed by atoms with Crippen molar-refractivity contribution in [1.82, 2.24) is 0 Å². The fourth-order valence-corrected chi connectivity index (χ4v) is 2.34. The lowest BCUT2D eigenvalue weighted by Gasteiger charge is -2.26. The Kier molecular flexibility index (Phi) is 3.92. The lowest BCUT2D eigenvalue weighted by Crippen LogP contribution is -2.42. The standard InChI is InChI=1S/C15H20O4/c1-4-12-10(2)15(3,17)14(18-12)19-13(16)11-8-6-5-7-9-11/h5-10,12,14,17H,4H2,1-3H3/t10-,12-,14?,15-/m1/s1. The normalized spacial score (nSPS) is 34.2. The maximum atomic E-state index is 12.0. The van der Waals surface area contributed by atoms with Gasteiger partial charge in [-0.25, -0.2) is 4.79 Å². The molecule has 0 amide bonds. The lowest BCUT2D eigenvalue weighted by atomic mass is 9.88. The summed E-state index contributed by atoms with van der Waals surface area (Å²) < 4.78 is 10.9. The van der Waals surface area contributed by atoms with E-state index in [0.717, 1.165) is 6.42 Å². The van der Waals surface area contributed by atoms with Gasteiger partial charge in [0, 0.05) is 5.92 Å². The van der Waals surface area contributed by atoms with Gasteiger partial charge >= 0.3 is 5.97 Å². The minimum absolute atomic E-state index is 0.0777. The van der Waals surface area contributed by atoms with Crippen LogP contribution in [0.2, 0.25) is 0 Å². The van der Waals surface area contributed by atoms with E-state index < -0.39 is 17.9 Å². The largest absolute Gasteiger partial charge is 0.429 e. The number of aliphatic hydroxyl groups is 1. The smallest absolute Gasteiger partial charge is 0.340 e. The van der Waals surface area contributed by atoms with Crippen molar-refractivity contribution in [1.29, 1.82) is 0 Å². The van der Waals surface area contributed by atoms with E-state index in [0.29, 0.717) is 5.56 Å². The van der Waals surface area contributed by atoms with Gasteiger partial charge < -0.3 is 14.6 Å². The van der Waals surface area contributed by atoms with Crippen LogP contribution in [-0.2, 0) is 9.47 Å². The highest BCUT2D eigenvalue weighted by molar-refractivity contribution is 5.89. The van der Waals surface area contributed by atoms with Crippen molar-refractivity contribution in [2.75, 3.05) is 0 Å². The summed E-state index contributed by atoms with van der Waals surface area (Å²) in [4.78, 5) is 12.0. The minimum atomic E-state index is -1.16. The molecule has 1 unspecified atom stereocenters. The Labute approximate surface area is 113 Å². The summed E-state index contributed by atoms with van der Waals surface area (Å²) in [6, 6.07) is 8.71. The van der Waals surface area contributed by atoms with Crippen LogP contribution in [0.25, 0.3) is 0 Å². The van der Waals surface area contributed by atoms with Crippen LogP contribution in [-0.4, -0.2) is 29.1 Å². The van der Waals surface area contributed by atoms with E-state index in [-0.39, 0.29) is 12.0 Å². The number of hydrogen-bond acceptors (Lipinski definition) is 4. The summed E-state index contributed by atoms with van der Waals surface area (Å²) in [6.45, 7) is 5.54. The molecule has 1 saturated heterocycles. The van der Waals surface area contributed by atoms with Crippen molar-refractivity contribution >= 4 is 5.97 Å². The van der Waals surface area contributed by atoms with Crippen LogP contribution in [0.15, 0.2) is 30.3 Å². The predicted octanol–water partition coefficient (Wildman–Crippen LogP) is 2.37. The van der Waals surface area contributed by atoms with Crippen LogP contribution in [0.1, 0.15) is 37.6 Å². The molecule has 4 heteroatoms. The molecule has 0 aliphatic carbocycles. The summed E-state index contributed by atoms with van der Waals surface area (Å²) in [5, 5.41) is 10.4. The zero-order valence-electron chi connectivity index (χ0n) is 11.5. The molecule has 0 spiro atoms. The summed E-state index contributed by atoms with van der Waals surface area (Å²) in [5.74, 6) is -0.555. The van der Waals surface area contributed by atoms with Gasteiger partial charge in [-0.1, -0.05) is 32.0 Å². The van der Waals surface area contributed by atoms with E-state index in [1.54, 1.807) is 31.2 Å². The number of esters is 1. The van der Waals surface area contributed by atoms with Gasteiger partial charge in [0.15, 0.2) is 0 Å². The van der Waals surface area contributed by atoms with Crippen molar-refractivity contribution < 1.29 is 19.4 Å². The highest BCUT2D eigenvalue weighted by atomic mass is 16.7. The van der Waals surface area contributed by atoms with Crippen molar-refractivity contribution in [3.05, 3.63) is 35.9 Å². The Balaban J connectivity index is 2.09. The first kappa shape index (κ1) is 14.0. The Morgan fingerprint density at radius 2 is 2.05 bits per heavy atom. The van der Waals surface area contributed by atoms with Crippen molar-refractivity contribution in [2.45, 2.75) is 45.2 Å². The van der Waals surface area contributed by atoms with Crippen molar-refractivity contribution in [2.24, 2.45) is 5.92 Å². The fourth-order valence-electron chi connectivity index (χ4n) is 2.34. The van der Waals surface area contributed by atoms with Crippen molar-refractivity contribution in [3.8, 4) is 0 Å². The van der Waals surface area contributed by atoms with Crippen LogP contribution in [0.4, 0.5) is 0 Å². The maximum absolute atomic E-state index is 12.0. The quantitative estimate of drug-likeness (QED) is 0.851. The topological polar surface area (TPSA) is 55.8 Å². The molecule has 1 aromatic rings. The molecule has 2 rings (SSSR count). The molecular weight excluding hydrogens is 244 g/mol. The van der Waals surface area contributed by atoms with E-state index in [1.165, 1.54) is 0 Å². The molecule has 4 atom stereocenters. The first-order valence-electron chi connectivity index (χ1n) is 6.60. The summed E-state index contributed by atoms with van der Waals surface area (Å²) in [7, 11) is 0. The molecule has 19 heavy (non-hydrogen) atoms. The van der Waals surface area contributed by atoms with E-state index in [9.17, 15) is 9.90 Å². The molecule has 1 fully saturated rings. The Hall–Kier alpha value is -1.39. The van der Waals surface area contributed by atoms with E-state index in [1.807, 2.05) is 19.9 Å². The molecule has 1 aliphatic heterocycles. The fraction of sp³-hybridized carbons (Fsp3) is 0.533. The number of hydrogen-bond donors (Lipinski definition) is 1. The molecule has 1 N–H and O–H groups in total. The van der Waals surface area contributed by atoms with Gasteiger partial charge in [0.2, 0.25) is 6.29 Å². The van der Waals surface area contributed by atoms with Crippen LogP contribution in [0.5, 0.6) is 0 Å².